The summed E-state index contributed by atoms with van der Waals surface area (Å²) in [7, 11) is 0. The largest absolute Gasteiger partial charge is 0.484 e. The van der Waals surface area contributed by atoms with Gasteiger partial charge in [0.05, 0.1) is 0 Å². The molecule has 2 aliphatic heterocycles. The van der Waals surface area contributed by atoms with Gasteiger partial charge >= 0.3 is 0 Å². The van der Waals surface area contributed by atoms with E-state index in [2.05, 4.69) is 25.4 Å². The average molecular weight is 431 g/mol. The first-order chi connectivity index (χ1) is 15.7. The Morgan fingerprint density at radius 2 is 2.00 bits per heavy atom. The Labute approximate surface area is 186 Å². The van der Waals surface area contributed by atoms with Crippen molar-refractivity contribution in [3.05, 3.63) is 53.9 Å². The first-order valence-corrected chi connectivity index (χ1v) is 11.0. The molecule has 0 saturated heterocycles. The molecule has 3 aromatic rings. The van der Waals surface area contributed by atoms with Gasteiger partial charge in [-0.15, -0.1) is 10.2 Å². The summed E-state index contributed by atoms with van der Waals surface area (Å²) in [6, 6.07) is 13.1. The molecular formula is C24H25N5O3. The van der Waals surface area contributed by atoms with Crippen LogP contribution in [-0.2, 0) is 29.0 Å². The van der Waals surface area contributed by atoms with Crippen molar-refractivity contribution in [3.8, 4) is 17.1 Å². The third kappa shape index (κ3) is 4.34. The van der Waals surface area contributed by atoms with Gasteiger partial charge in [-0.25, -0.2) is 0 Å². The number of carbonyl (C=O) groups is 2. The van der Waals surface area contributed by atoms with E-state index < -0.39 is 0 Å². The fourth-order valence-electron chi connectivity index (χ4n) is 4.23. The Morgan fingerprint density at radius 1 is 1.06 bits per heavy atom. The van der Waals surface area contributed by atoms with Crippen LogP contribution >= 0.6 is 0 Å². The summed E-state index contributed by atoms with van der Waals surface area (Å²) in [5.41, 5.74) is 3.44. The maximum Gasteiger partial charge on any atom is 0.262 e. The Kier molecular flexibility index (Phi) is 5.58. The highest BCUT2D eigenvalue weighted by Gasteiger charge is 2.17. The molecule has 32 heavy (non-hydrogen) atoms. The monoisotopic (exact) mass is 431 g/mol. The van der Waals surface area contributed by atoms with Crippen molar-refractivity contribution in [2.24, 2.45) is 0 Å². The number of aryl methyl sites for hydroxylation is 2. The quantitative estimate of drug-likeness (QED) is 0.644. The SMILES string of the molecule is O=C(COc1ccc2c(c1)CCC(=O)N2)Nc1cccc(-c2nnc3n2CCCCC3)c1. The van der Waals surface area contributed by atoms with Gasteiger partial charge < -0.3 is 19.9 Å². The fraction of sp³-hybridized carbons (Fsp3) is 0.333. The Bertz CT molecular complexity index is 1170. The molecule has 2 amide bonds. The maximum atomic E-state index is 12.5. The van der Waals surface area contributed by atoms with Crippen molar-refractivity contribution in [1.82, 2.24) is 14.8 Å². The lowest BCUT2D eigenvalue weighted by Gasteiger charge is -2.17. The third-order valence-electron chi connectivity index (χ3n) is 5.86. The van der Waals surface area contributed by atoms with Crippen LogP contribution in [0.3, 0.4) is 0 Å². The normalized spacial score (nSPS) is 15.2. The van der Waals surface area contributed by atoms with Crippen LogP contribution in [0.25, 0.3) is 11.4 Å². The molecule has 3 heterocycles. The molecule has 8 nitrogen and oxygen atoms in total. The van der Waals surface area contributed by atoms with Crippen LogP contribution in [0.2, 0.25) is 0 Å². The molecule has 0 aliphatic carbocycles. The minimum absolute atomic E-state index is 0.0231. The van der Waals surface area contributed by atoms with Gasteiger partial charge in [-0.3, -0.25) is 9.59 Å². The van der Waals surface area contributed by atoms with Crippen LogP contribution in [0.15, 0.2) is 42.5 Å². The van der Waals surface area contributed by atoms with Gasteiger partial charge in [0.15, 0.2) is 12.4 Å². The molecule has 0 saturated carbocycles. The minimum Gasteiger partial charge on any atom is -0.484 e. The van der Waals surface area contributed by atoms with Crippen molar-refractivity contribution in [2.45, 2.75) is 45.1 Å². The second-order valence-electron chi connectivity index (χ2n) is 8.19. The lowest BCUT2D eigenvalue weighted by atomic mass is 10.0. The molecule has 2 N–H and O–H groups in total. The first-order valence-electron chi connectivity index (χ1n) is 11.0. The lowest BCUT2D eigenvalue weighted by Crippen LogP contribution is -2.21. The van der Waals surface area contributed by atoms with Gasteiger partial charge in [0.1, 0.15) is 11.6 Å². The van der Waals surface area contributed by atoms with E-state index in [1.165, 1.54) is 6.42 Å². The van der Waals surface area contributed by atoms with Crippen molar-refractivity contribution < 1.29 is 14.3 Å². The molecule has 0 bridgehead atoms. The molecule has 1 aromatic heterocycles. The summed E-state index contributed by atoms with van der Waals surface area (Å²) >= 11 is 0. The van der Waals surface area contributed by atoms with Gasteiger partial charge in [0.25, 0.3) is 5.91 Å². The van der Waals surface area contributed by atoms with E-state index in [0.717, 1.165) is 54.3 Å². The number of fused-ring (bicyclic) bond motifs is 2. The maximum absolute atomic E-state index is 12.5. The molecule has 164 valence electrons. The smallest absolute Gasteiger partial charge is 0.262 e. The summed E-state index contributed by atoms with van der Waals surface area (Å²) in [6.07, 6.45) is 5.56. The number of carbonyl (C=O) groups excluding carboxylic acids is 2. The third-order valence-corrected chi connectivity index (χ3v) is 5.86. The van der Waals surface area contributed by atoms with Gasteiger partial charge in [0, 0.05) is 36.3 Å². The van der Waals surface area contributed by atoms with E-state index in [4.69, 9.17) is 4.74 Å². The molecule has 0 spiro atoms. The zero-order chi connectivity index (χ0) is 21.9. The summed E-state index contributed by atoms with van der Waals surface area (Å²) in [4.78, 5) is 23.9. The number of aromatic nitrogens is 3. The number of hydrogen-bond donors (Lipinski definition) is 2. The van der Waals surface area contributed by atoms with Gasteiger partial charge in [-0.05, 0) is 55.2 Å². The summed E-state index contributed by atoms with van der Waals surface area (Å²) in [5.74, 6) is 2.26. The van der Waals surface area contributed by atoms with Crippen LogP contribution < -0.4 is 15.4 Å². The number of anilines is 2. The Balaban J connectivity index is 1.23. The van der Waals surface area contributed by atoms with Crippen LogP contribution in [0, 0.1) is 0 Å². The van der Waals surface area contributed by atoms with E-state index >= 15 is 0 Å². The van der Waals surface area contributed by atoms with E-state index in [1.54, 1.807) is 6.07 Å². The van der Waals surface area contributed by atoms with Crippen molar-refractivity contribution >= 4 is 23.2 Å². The topological polar surface area (TPSA) is 98.1 Å². The molecule has 8 heteroatoms. The number of nitrogens with zero attached hydrogens (tertiary/aromatic N) is 3. The van der Waals surface area contributed by atoms with Crippen molar-refractivity contribution in [1.29, 1.82) is 0 Å². The Morgan fingerprint density at radius 3 is 2.94 bits per heavy atom. The van der Waals surface area contributed by atoms with Crippen LogP contribution in [-0.4, -0.2) is 33.2 Å². The van der Waals surface area contributed by atoms with E-state index in [9.17, 15) is 9.59 Å². The minimum atomic E-state index is -0.242. The number of hydrogen-bond acceptors (Lipinski definition) is 5. The molecule has 0 unspecified atom stereocenters. The van der Waals surface area contributed by atoms with Gasteiger partial charge in [-0.1, -0.05) is 18.6 Å². The van der Waals surface area contributed by atoms with Crippen molar-refractivity contribution in [2.75, 3.05) is 17.2 Å². The zero-order valence-electron chi connectivity index (χ0n) is 17.8. The van der Waals surface area contributed by atoms with E-state index in [-0.39, 0.29) is 18.4 Å². The predicted molar refractivity (Wildman–Crippen MR) is 121 cm³/mol. The van der Waals surface area contributed by atoms with E-state index in [1.807, 2.05) is 36.4 Å². The first kappa shape index (κ1) is 20.2. The number of ether oxygens (including phenoxy) is 1. The summed E-state index contributed by atoms with van der Waals surface area (Å²) < 4.78 is 7.86. The second kappa shape index (κ2) is 8.82. The molecule has 0 radical (unpaired) electrons. The fourth-order valence-corrected chi connectivity index (χ4v) is 4.23. The van der Waals surface area contributed by atoms with E-state index in [0.29, 0.717) is 24.3 Å². The lowest BCUT2D eigenvalue weighted by molar-refractivity contribution is -0.118. The Hall–Kier alpha value is -3.68. The highest BCUT2D eigenvalue weighted by atomic mass is 16.5. The molecule has 0 atom stereocenters. The molecule has 5 rings (SSSR count). The highest BCUT2D eigenvalue weighted by molar-refractivity contribution is 5.94. The highest BCUT2D eigenvalue weighted by Crippen LogP contribution is 2.27. The van der Waals surface area contributed by atoms with Crippen molar-refractivity contribution in [3.63, 3.8) is 0 Å². The molecular weight excluding hydrogens is 406 g/mol. The summed E-state index contributed by atoms with van der Waals surface area (Å²) in [6.45, 7) is 0.822. The molecule has 0 fully saturated rings. The van der Waals surface area contributed by atoms with Gasteiger partial charge in [-0.2, -0.15) is 0 Å². The number of rotatable bonds is 5. The molecule has 2 aliphatic rings. The van der Waals surface area contributed by atoms with Crippen LogP contribution in [0.5, 0.6) is 5.75 Å². The van der Waals surface area contributed by atoms with Crippen LogP contribution in [0.4, 0.5) is 11.4 Å². The number of benzene rings is 2. The molecule has 2 aromatic carbocycles. The van der Waals surface area contributed by atoms with Crippen LogP contribution in [0.1, 0.15) is 37.1 Å². The average Bonchev–Trinajstić information content (AvgIpc) is 3.06. The van der Waals surface area contributed by atoms with Gasteiger partial charge in [0.2, 0.25) is 5.91 Å². The predicted octanol–water partition coefficient (Wildman–Crippen LogP) is 3.57. The number of nitrogens with one attached hydrogen (secondary N) is 2. The number of amides is 2. The standard InChI is InChI=1S/C24H25N5O3/c30-22-11-8-16-14-19(9-10-20(16)26-22)32-15-23(31)25-18-6-4-5-17(13-18)24-28-27-21-7-2-1-3-12-29(21)24/h4-6,9-10,13-14H,1-3,7-8,11-12,15H2,(H,25,31)(H,26,30). The zero-order valence-corrected chi connectivity index (χ0v) is 17.8. The summed E-state index contributed by atoms with van der Waals surface area (Å²) in [5, 5.41) is 14.5. The second-order valence-corrected chi connectivity index (χ2v) is 8.19.